The van der Waals surface area contributed by atoms with Crippen molar-refractivity contribution in [3.05, 3.63) is 28.3 Å². The Morgan fingerprint density at radius 3 is 2.83 bits per heavy atom. The zero-order valence-corrected chi connectivity index (χ0v) is 12.3. The van der Waals surface area contributed by atoms with Gasteiger partial charge in [0.1, 0.15) is 18.0 Å². The Bertz CT molecular complexity index is 514. The van der Waals surface area contributed by atoms with Gasteiger partial charge in [-0.15, -0.1) is 11.3 Å². The molecule has 0 aromatic carbocycles. The van der Waals surface area contributed by atoms with Crippen LogP contribution in [-0.2, 0) is 0 Å². The molecule has 1 atom stereocenters. The van der Waals surface area contributed by atoms with Crippen LogP contribution < -0.4 is 16.4 Å². The largest absolute Gasteiger partial charge is 0.368 e. The third-order valence-electron chi connectivity index (χ3n) is 2.10. The van der Waals surface area contributed by atoms with Crippen molar-refractivity contribution in [3.63, 3.8) is 0 Å². The molecule has 2 aromatic heterocycles. The molecule has 2 rings (SSSR count). The number of hydrogen-bond donors (Lipinski definition) is 3. The summed E-state index contributed by atoms with van der Waals surface area (Å²) in [5.41, 5.74) is 5.68. The molecule has 0 saturated carbocycles. The van der Waals surface area contributed by atoms with E-state index in [0.717, 1.165) is 20.4 Å². The van der Waals surface area contributed by atoms with Gasteiger partial charge < -0.3 is 16.4 Å². The van der Waals surface area contributed by atoms with E-state index < -0.39 is 0 Å². The van der Waals surface area contributed by atoms with Crippen LogP contribution in [0, 0.1) is 0 Å². The van der Waals surface area contributed by atoms with E-state index in [1.807, 2.05) is 25.1 Å². The van der Waals surface area contributed by atoms with Crippen molar-refractivity contribution >= 4 is 43.9 Å². The Balaban J connectivity index is 2.02. The Kier molecular flexibility index (Phi) is 4.51. The number of nitrogens with two attached hydrogens (primary N) is 1. The van der Waals surface area contributed by atoms with Crippen LogP contribution in [0.5, 0.6) is 0 Å². The van der Waals surface area contributed by atoms with E-state index in [4.69, 9.17) is 5.73 Å². The van der Waals surface area contributed by atoms with Crippen molar-refractivity contribution in [1.29, 1.82) is 0 Å². The van der Waals surface area contributed by atoms with E-state index in [1.54, 1.807) is 11.3 Å². The maximum atomic E-state index is 5.68. The number of hydrogen-bond acceptors (Lipinski definition) is 6. The molecule has 4 N–H and O–H groups in total. The summed E-state index contributed by atoms with van der Waals surface area (Å²) in [6.45, 7) is 2.62. The first-order valence-electron chi connectivity index (χ1n) is 5.47. The molecule has 2 heterocycles. The maximum absolute atomic E-state index is 5.68. The van der Waals surface area contributed by atoms with Crippen molar-refractivity contribution in [3.8, 4) is 0 Å². The lowest BCUT2D eigenvalue weighted by Gasteiger charge is -2.09. The van der Waals surface area contributed by atoms with Crippen molar-refractivity contribution in [2.24, 2.45) is 5.73 Å². The summed E-state index contributed by atoms with van der Waals surface area (Å²) < 4.78 is 1.08. The second kappa shape index (κ2) is 6.12. The van der Waals surface area contributed by atoms with E-state index in [9.17, 15) is 0 Å². The molecule has 0 fully saturated rings. The molecule has 96 valence electrons. The fourth-order valence-electron chi connectivity index (χ4n) is 1.30. The smallest absolute Gasteiger partial charge is 0.136 e. The highest BCUT2D eigenvalue weighted by Gasteiger charge is 2.02. The zero-order chi connectivity index (χ0) is 13.0. The Morgan fingerprint density at radius 1 is 1.39 bits per heavy atom. The van der Waals surface area contributed by atoms with Crippen molar-refractivity contribution in [2.45, 2.75) is 13.0 Å². The third kappa shape index (κ3) is 3.94. The molecule has 0 aliphatic rings. The molecule has 0 aliphatic heterocycles. The van der Waals surface area contributed by atoms with E-state index in [0.29, 0.717) is 6.54 Å². The molecule has 0 amide bonds. The van der Waals surface area contributed by atoms with E-state index in [2.05, 4.69) is 36.5 Å². The molecule has 0 saturated heterocycles. The first-order valence-corrected chi connectivity index (χ1v) is 7.08. The fraction of sp³-hybridized carbons (Fsp3) is 0.273. The van der Waals surface area contributed by atoms with Crippen LogP contribution in [0.25, 0.3) is 0 Å². The summed E-state index contributed by atoms with van der Waals surface area (Å²) in [5.74, 6) is 1.52. The summed E-state index contributed by atoms with van der Waals surface area (Å²) in [6, 6.07) is 5.93. The quantitative estimate of drug-likeness (QED) is 0.787. The molecule has 7 heteroatoms. The van der Waals surface area contributed by atoms with Crippen LogP contribution in [0.15, 0.2) is 28.3 Å². The standard InChI is InChI=1S/C11H14BrN5S/c1-7(13)5-14-9-4-10(16-6-15-9)17-11-3-2-8(12)18-11/h2-4,6-7H,5,13H2,1H3,(H2,14,15,16,17). The zero-order valence-electron chi connectivity index (χ0n) is 9.85. The summed E-state index contributed by atoms with van der Waals surface area (Å²) in [6.07, 6.45) is 1.52. The van der Waals surface area contributed by atoms with E-state index >= 15 is 0 Å². The van der Waals surface area contributed by atoms with Crippen LogP contribution in [0.2, 0.25) is 0 Å². The summed E-state index contributed by atoms with van der Waals surface area (Å²) in [7, 11) is 0. The number of rotatable bonds is 5. The molecule has 0 bridgehead atoms. The van der Waals surface area contributed by atoms with Crippen molar-refractivity contribution < 1.29 is 0 Å². The average Bonchev–Trinajstić information content (AvgIpc) is 2.73. The number of anilines is 3. The van der Waals surface area contributed by atoms with Gasteiger partial charge in [-0.1, -0.05) is 0 Å². The lowest BCUT2D eigenvalue weighted by molar-refractivity contribution is 0.777. The van der Waals surface area contributed by atoms with Gasteiger partial charge in [0.25, 0.3) is 0 Å². The number of nitrogens with zero attached hydrogens (tertiary/aromatic N) is 2. The second-order valence-corrected chi connectivity index (χ2v) is 6.34. The van der Waals surface area contributed by atoms with Crippen LogP contribution >= 0.6 is 27.3 Å². The molecule has 0 aliphatic carbocycles. The number of nitrogens with one attached hydrogen (secondary N) is 2. The summed E-state index contributed by atoms with van der Waals surface area (Å²) in [5, 5.41) is 7.40. The molecular formula is C11H14BrN5S. The van der Waals surface area contributed by atoms with Gasteiger partial charge >= 0.3 is 0 Å². The minimum absolute atomic E-state index is 0.0876. The second-order valence-electron chi connectivity index (χ2n) is 3.88. The average molecular weight is 328 g/mol. The SMILES string of the molecule is CC(N)CNc1cc(Nc2ccc(Br)s2)ncn1. The van der Waals surface area contributed by atoms with Gasteiger partial charge in [0.15, 0.2) is 0 Å². The minimum Gasteiger partial charge on any atom is -0.368 e. The van der Waals surface area contributed by atoms with Crippen LogP contribution in [0.1, 0.15) is 6.92 Å². The highest BCUT2D eigenvalue weighted by Crippen LogP contribution is 2.28. The minimum atomic E-state index is 0.0876. The summed E-state index contributed by atoms with van der Waals surface area (Å²) in [4.78, 5) is 8.30. The molecule has 18 heavy (non-hydrogen) atoms. The monoisotopic (exact) mass is 327 g/mol. The highest BCUT2D eigenvalue weighted by atomic mass is 79.9. The van der Waals surface area contributed by atoms with Gasteiger partial charge in [-0.05, 0) is 35.0 Å². The number of halogens is 1. The fourth-order valence-corrected chi connectivity index (χ4v) is 2.59. The van der Waals surface area contributed by atoms with Crippen molar-refractivity contribution in [2.75, 3.05) is 17.2 Å². The van der Waals surface area contributed by atoms with Crippen LogP contribution in [0.4, 0.5) is 16.6 Å². The molecule has 2 aromatic rings. The van der Waals surface area contributed by atoms with Gasteiger partial charge in [-0.2, -0.15) is 0 Å². The van der Waals surface area contributed by atoms with E-state index in [-0.39, 0.29) is 6.04 Å². The Hall–Kier alpha value is -1.18. The maximum Gasteiger partial charge on any atom is 0.136 e. The Morgan fingerprint density at radius 2 is 2.17 bits per heavy atom. The van der Waals surface area contributed by atoms with E-state index in [1.165, 1.54) is 6.33 Å². The number of thiophene rings is 1. The lowest BCUT2D eigenvalue weighted by atomic mass is 10.3. The first-order chi connectivity index (χ1) is 8.63. The molecule has 1 unspecified atom stereocenters. The first kappa shape index (κ1) is 13.3. The third-order valence-corrected chi connectivity index (χ3v) is 3.64. The number of aromatic nitrogens is 2. The predicted molar refractivity (Wildman–Crippen MR) is 79.5 cm³/mol. The van der Waals surface area contributed by atoms with Crippen LogP contribution in [0.3, 0.4) is 0 Å². The van der Waals surface area contributed by atoms with Gasteiger partial charge in [-0.25, -0.2) is 9.97 Å². The molecule has 0 spiro atoms. The van der Waals surface area contributed by atoms with Gasteiger partial charge in [0.2, 0.25) is 0 Å². The molecular weight excluding hydrogens is 314 g/mol. The normalized spacial score (nSPS) is 12.2. The van der Waals surface area contributed by atoms with Gasteiger partial charge in [0, 0.05) is 18.7 Å². The predicted octanol–water partition coefficient (Wildman–Crippen LogP) is 2.80. The van der Waals surface area contributed by atoms with Crippen molar-refractivity contribution in [1.82, 2.24) is 9.97 Å². The lowest BCUT2D eigenvalue weighted by Crippen LogP contribution is -2.25. The van der Waals surface area contributed by atoms with Gasteiger partial charge in [0.05, 0.1) is 8.79 Å². The summed E-state index contributed by atoms with van der Waals surface area (Å²) >= 11 is 5.03. The van der Waals surface area contributed by atoms with Crippen LogP contribution in [-0.4, -0.2) is 22.6 Å². The molecule has 5 nitrogen and oxygen atoms in total. The van der Waals surface area contributed by atoms with Gasteiger partial charge in [-0.3, -0.25) is 0 Å². The Labute approximate surface area is 118 Å². The molecule has 0 radical (unpaired) electrons. The highest BCUT2D eigenvalue weighted by molar-refractivity contribution is 9.11. The topological polar surface area (TPSA) is 75.9 Å².